The predicted octanol–water partition coefficient (Wildman–Crippen LogP) is 10.0. The molecule has 0 spiro atoms. The van der Waals surface area contributed by atoms with Crippen LogP contribution in [0.3, 0.4) is 0 Å². The zero-order chi connectivity index (χ0) is 40.1. The van der Waals surface area contributed by atoms with E-state index in [9.17, 15) is 19.2 Å². The number of anilines is 2. The highest BCUT2D eigenvalue weighted by Crippen LogP contribution is 2.37. The molecule has 0 aliphatic heterocycles. The normalized spacial score (nSPS) is 11.6. The van der Waals surface area contributed by atoms with Crippen molar-refractivity contribution in [1.82, 2.24) is 5.32 Å². The molecule has 9 nitrogen and oxygen atoms in total. The third-order valence-electron chi connectivity index (χ3n) is 8.61. The number of aryl methyl sites for hydroxylation is 1. The molecule has 3 amide bonds. The highest BCUT2D eigenvalue weighted by molar-refractivity contribution is 8.00. The van der Waals surface area contributed by atoms with E-state index < -0.39 is 23.0 Å². The first-order valence-electron chi connectivity index (χ1n) is 18.3. The van der Waals surface area contributed by atoms with Gasteiger partial charge in [-0.25, -0.2) is 4.79 Å². The summed E-state index contributed by atoms with van der Waals surface area (Å²) in [5, 5.41) is 10.3. The zero-order valence-corrected chi connectivity index (χ0v) is 33.2. The molecule has 0 aliphatic rings. The van der Waals surface area contributed by atoms with Crippen molar-refractivity contribution in [2.24, 2.45) is 0 Å². The summed E-state index contributed by atoms with van der Waals surface area (Å²) in [6, 6.07) is 40.6. The van der Waals surface area contributed by atoms with Crippen LogP contribution < -0.4 is 20.7 Å². The summed E-state index contributed by atoms with van der Waals surface area (Å²) in [5.41, 5.74) is 5.56. The van der Waals surface area contributed by atoms with Crippen molar-refractivity contribution in [2.75, 3.05) is 17.2 Å². The minimum atomic E-state index is -0.573. The average molecular weight is 796 g/mol. The summed E-state index contributed by atoms with van der Waals surface area (Å²) in [7, 11) is 0. The Hall–Kier alpha value is -6.43. The van der Waals surface area contributed by atoms with Gasteiger partial charge in [0.05, 0.1) is 11.9 Å². The molecule has 1 heterocycles. The molecule has 57 heavy (non-hydrogen) atoms. The lowest BCUT2D eigenvalue weighted by atomic mass is 10.0. The molecule has 3 N–H and O–H groups in total. The lowest BCUT2D eigenvalue weighted by molar-refractivity contribution is -0.115. The van der Waals surface area contributed by atoms with Crippen LogP contribution in [0.25, 0.3) is 17.2 Å². The summed E-state index contributed by atoms with van der Waals surface area (Å²) in [5.74, 6) is -1.12. The maximum atomic E-state index is 13.8. The molecule has 6 aromatic rings. The Balaban J connectivity index is 1.15. The van der Waals surface area contributed by atoms with Crippen LogP contribution in [0, 0.1) is 6.92 Å². The number of thiophene rings is 1. The number of amides is 3. The summed E-state index contributed by atoms with van der Waals surface area (Å²) in [4.78, 5) is 54.3. The maximum Gasteiger partial charge on any atom is 0.341 e. The Labute approximate surface area is 340 Å². The fourth-order valence-corrected chi connectivity index (χ4v) is 7.52. The van der Waals surface area contributed by atoms with Gasteiger partial charge < -0.3 is 25.4 Å². The molecule has 5 aromatic carbocycles. The summed E-state index contributed by atoms with van der Waals surface area (Å²) in [6.07, 6.45) is 1.60. The van der Waals surface area contributed by atoms with Gasteiger partial charge in [-0.15, -0.1) is 23.1 Å². The second-order valence-electron chi connectivity index (χ2n) is 12.9. The number of carbonyl (C=O) groups excluding carboxylic acids is 4. The Morgan fingerprint density at radius 3 is 2.21 bits per heavy atom. The standard InChI is InChI=1S/C46H41N3O6S2/c1-4-54-46(53)41-39(34-22-18-30(2)19-23-34)29-56-45(41)49-42(50)31(3)57-38-17-11-16-36(27-38)47-44(52)40(48-43(51)35-14-9-6-10-15-35)26-32-20-24-37(25-21-32)55-28-33-12-7-5-8-13-33/h5-27,29,31H,4,28H2,1-3H3,(H,47,52)(H,48,51)(H,49,50)/b40-26-. The van der Waals surface area contributed by atoms with E-state index in [4.69, 9.17) is 9.47 Å². The minimum absolute atomic E-state index is 0.0333. The van der Waals surface area contributed by atoms with Gasteiger partial charge in [-0.2, -0.15) is 0 Å². The third kappa shape index (κ3) is 11.1. The molecule has 0 saturated carbocycles. The highest BCUT2D eigenvalue weighted by Gasteiger charge is 2.25. The highest BCUT2D eigenvalue weighted by atomic mass is 32.2. The van der Waals surface area contributed by atoms with Crippen molar-refractivity contribution in [2.45, 2.75) is 37.5 Å². The molecule has 1 unspecified atom stereocenters. The van der Waals surface area contributed by atoms with E-state index in [1.807, 2.05) is 79.0 Å². The fraction of sp³-hybridized carbons (Fsp3) is 0.130. The van der Waals surface area contributed by atoms with E-state index in [0.717, 1.165) is 21.6 Å². The monoisotopic (exact) mass is 795 g/mol. The molecule has 6 rings (SSSR count). The second kappa shape index (κ2) is 19.4. The number of hydrogen-bond donors (Lipinski definition) is 3. The molecule has 0 aliphatic carbocycles. The Morgan fingerprint density at radius 1 is 0.807 bits per heavy atom. The molecule has 0 fully saturated rings. The smallest absolute Gasteiger partial charge is 0.341 e. The van der Waals surface area contributed by atoms with Gasteiger partial charge in [0.1, 0.15) is 28.6 Å². The SMILES string of the molecule is CCOC(=O)c1c(-c2ccc(C)cc2)csc1NC(=O)C(C)Sc1cccc(NC(=O)/C(=C/c2ccc(OCc3ccccc3)cc2)NC(=O)c2ccccc2)c1. The first-order valence-corrected chi connectivity index (χ1v) is 20.0. The molecular weight excluding hydrogens is 755 g/mol. The molecule has 1 aromatic heterocycles. The topological polar surface area (TPSA) is 123 Å². The molecule has 11 heteroatoms. The van der Waals surface area contributed by atoms with Crippen LogP contribution in [0.1, 0.15) is 51.3 Å². The summed E-state index contributed by atoms with van der Waals surface area (Å²) < 4.78 is 11.3. The van der Waals surface area contributed by atoms with E-state index in [0.29, 0.717) is 45.3 Å². The molecule has 1 atom stereocenters. The van der Waals surface area contributed by atoms with Gasteiger partial charge in [-0.05, 0) is 86.0 Å². The van der Waals surface area contributed by atoms with Gasteiger partial charge in [0.15, 0.2) is 0 Å². The van der Waals surface area contributed by atoms with Crippen molar-refractivity contribution < 1.29 is 28.7 Å². The van der Waals surface area contributed by atoms with Gasteiger partial charge in [-0.1, -0.05) is 96.6 Å². The van der Waals surface area contributed by atoms with Crippen LogP contribution in [0.2, 0.25) is 0 Å². The van der Waals surface area contributed by atoms with E-state index in [1.165, 1.54) is 23.1 Å². The van der Waals surface area contributed by atoms with Crippen molar-refractivity contribution in [3.8, 4) is 16.9 Å². The molecule has 0 bridgehead atoms. The van der Waals surface area contributed by atoms with E-state index in [1.54, 1.807) is 86.7 Å². The number of esters is 1. The van der Waals surface area contributed by atoms with Crippen molar-refractivity contribution in [1.29, 1.82) is 0 Å². The Bertz CT molecular complexity index is 2360. The van der Waals surface area contributed by atoms with Crippen LogP contribution in [0.5, 0.6) is 5.75 Å². The van der Waals surface area contributed by atoms with Crippen LogP contribution in [-0.2, 0) is 20.9 Å². The van der Waals surface area contributed by atoms with E-state index in [-0.39, 0.29) is 18.2 Å². The van der Waals surface area contributed by atoms with Gasteiger partial charge >= 0.3 is 5.97 Å². The number of rotatable bonds is 15. The quantitative estimate of drug-likeness (QED) is 0.0537. The lowest BCUT2D eigenvalue weighted by Crippen LogP contribution is -2.30. The summed E-state index contributed by atoms with van der Waals surface area (Å²) >= 11 is 2.56. The zero-order valence-electron chi connectivity index (χ0n) is 31.6. The van der Waals surface area contributed by atoms with Gasteiger partial charge in [0, 0.05) is 27.1 Å². The van der Waals surface area contributed by atoms with Crippen molar-refractivity contribution in [3.05, 3.63) is 172 Å². The van der Waals surface area contributed by atoms with Gasteiger partial charge in [0.2, 0.25) is 5.91 Å². The summed E-state index contributed by atoms with van der Waals surface area (Å²) in [6.45, 7) is 6.11. The second-order valence-corrected chi connectivity index (χ2v) is 15.2. The van der Waals surface area contributed by atoms with Gasteiger partial charge in [0.25, 0.3) is 11.8 Å². The fourth-order valence-electron chi connectivity index (χ4n) is 5.63. The first-order chi connectivity index (χ1) is 27.7. The Morgan fingerprint density at radius 2 is 1.51 bits per heavy atom. The minimum Gasteiger partial charge on any atom is -0.489 e. The molecule has 0 radical (unpaired) electrons. The number of hydrogen-bond acceptors (Lipinski definition) is 8. The third-order valence-corrected chi connectivity index (χ3v) is 10.6. The Kier molecular flexibility index (Phi) is 13.7. The van der Waals surface area contributed by atoms with Crippen LogP contribution >= 0.6 is 23.1 Å². The number of carbonyl (C=O) groups is 4. The van der Waals surface area contributed by atoms with Gasteiger partial charge in [-0.3, -0.25) is 14.4 Å². The molecular formula is C46H41N3O6S2. The van der Waals surface area contributed by atoms with Crippen LogP contribution in [0.4, 0.5) is 10.7 Å². The number of nitrogens with one attached hydrogen (secondary N) is 3. The first kappa shape index (κ1) is 40.2. The van der Waals surface area contributed by atoms with Crippen LogP contribution in [-0.4, -0.2) is 35.5 Å². The number of benzene rings is 5. The largest absolute Gasteiger partial charge is 0.489 e. The average Bonchev–Trinajstić information content (AvgIpc) is 3.64. The maximum absolute atomic E-state index is 13.8. The predicted molar refractivity (Wildman–Crippen MR) is 229 cm³/mol. The van der Waals surface area contributed by atoms with Crippen molar-refractivity contribution >= 4 is 63.6 Å². The number of thioether (sulfide) groups is 1. The van der Waals surface area contributed by atoms with Crippen LogP contribution in [0.15, 0.2) is 149 Å². The van der Waals surface area contributed by atoms with Crippen molar-refractivity contribution in [3.63, 3.8) is 0 Å². The molecule has 288 valence electrons. The molecule has 0 saturated heterocycles. The van der Waals surface area contributed by atoms with E-state index >= 15 is 0 Å². The number of ether oxygens (including phenoxy) is 2. The lowest BCUT2D eigenvalue weighted by Gasteiger charge is -2.14. The van der Waals surface area contributed by atoms with E-state index in [2.05, 4.69) is 16.0 Å².